The molecule has 22 heavy (non-hydrogen) atoms. The van der Waals surface area contributed by atoms with E-state index >= 15 is 0 Å². The van der Waals surface area contributed by atoms with E-state index in [0.29, 0.717) is 6.61 Å². The van der Waals surface area contributed by atoms with Gasteiger partial charge in [0.2, 0.25) is 5.91 Å². The molecule has 1 amide bonds. The summed E-state index contributed by atoms with van der Waals surface area (Å²) in [6.07, 6.45) is 4.46. The van der Waals surface area contributed by atoms with Crippen LogP contribution < -0.4 is 5.32 Å². The van der Waals surface area contributed by atoms with E-state index in [4.69, 9.17) is 4.74 Å². The summed E-state index contributed by atoms with van der Waals surface area (Å²) >= 11 is 0. The number of ether oxygens (including phenoxy) is 1. The first-order valence-electron chi connectivity index (χ1n) is 8.82. The molecule has 1 aliphatic carbocycles. The molecule has 2 N–H and O–H groups in total. The zero-order valence-electron chi connectivity index (χ0n) is 13.9. The van der Waals surface area contributed by atoms with Crippen LogP contribution in [0.1, 0.15) is 46.0 Å². The molecule has 3 rings (SSSR count). The number of aliphatic hydroxyl groups is 1. The number of amides is 1. The van der Waals surface area contributed by atoms with E-state index in [1.54, 1.807) is 0 Å². The molecule has 126 valence electrons. The van der Waals surface area contributed by atoms with E-state index in [1.165, 1.54) is 0 Å². The number of nitrogens with one attached hydrogen (secondary N) is 1. The van der Waals surface area contributed by atoms with Gasteiger partial charge in [-0.25, -0.2) is 0 Å². The molecule has 3 fully saturated rings. The molecule has 0 bridgehead atoms. The minimum Gasteiger partial charge on any atom is -0.392 e. The maximum Gasteiger partial charge on any atom is 0.229 e. The Labute approximate surface area is 133 Å². The number of carbonyl (C=O) groups is 1. The summed E-state index contributed by atoms with van der Waals surface area (Å²) < 4.78 is 5.80. The maximum absolute atomic E-state index is 12.9. The smallest absolute Gasteiger partial charge is 0.229 e. The van der Waals surface area contributed by atoms with Gasteiger partial charge in [-0.1, -0.05) is 0 Å². The fourth-order valence-corrected chi connectivity index (χ4v) is 4.56. The van der Waals surface area contributed by atoms with Crippen molar-refractivity contribution in [3.63, 3.8) is 0 Å². The average Bonchev–Trinajstić information content (AvgIpc) is 2.55. The van der Waals surface area contributed by atoms with Crippen molar-refractivity contribution in [2.45, 2.75) is 58.2 Å². The molecule has 5 nitrogen and oxygen atoms in total. The molecule has 0 aromatic rings. The number of hydrogen-bond donors (Lipinski definition) is 2. The second kappa shape index (κ2) is 6.10. The first kappa shape index (κ1) is 16.2. The normalized spacial score (nSPS) is 37.9. The van der Waals surface area contributed by atoms with Crippen LogP contribution in [0.15, 0.2) is 0 Å². The summed E-state index contributed by atoms with van der Waals surface area (Å²) in [5.41, 5.74) is -0.348. The lowest BCUT2D eigenvalue weighted by atomic mass is 9.58. The van der Waals surface area contributed by atoms with E-state index in [9.17, 15) is 9.90 Å². The number of rotatable bonds is 3. The number of hydrogen-bond acceptors (Lipinski definition) is 4. The number of carbonyl (C=O) groups excluding carboxylic acids is 1. The highest BCUT2D eigenvalue weighted by molar-refractivity contribution is 5.83. The third-order valence-corrected chi connectivity index (χ3v) is 6.21. The lowest BCUT2D eigenvalue weighted by molar-refractivity contribution is -0.211. The van der Waals surface area contributed by atoms with Crippen molar-refractivity contribution in [1.29, 1.82) is 0 Å². The van der Waals surface area contributed by atoms with Crippen molar-refractivity contribution in [1.82, 2.24) is 10.2 Å². The fraction of sp³-hybridized carbons (Fsp3) is 0.941. The first-order valence-corrected chi connectivity index (χ1v) is 8.82. The van der Waals surface area contributed by atoms with Gasteiger partial charge in [-0.3, -0.25) is 4.79 Å². The van der Waals surface area contributed by atoms with Crippen LogP contribution in [-0.2, 0) is 9.53 Å². The number of likely N-dealkylation sites (tertiary alicyclic amines) is 1. The Morgan fingerprint density at radius 1 is 1.36 bits per heavy atom. The minimum absolute atomic E-state index is 0.0987. The van der Waals surface area contributed by atoms with E-state index in [0.717, 1.165) is 58.3 Å². The summed E-state index contributed by atoms with van der Waals surface area (Å²) in [5.74, 6) is 0.288. The van der Waals surface area contributed by atoms with Crippen LogP contribution >= 0.6 is 0 Å². The Bertz CT molecular complexity index is 410. The second-order valence-electron chi connectivity index (χ2n) is 7.56. The molecule has 3 aliphatic rings. The van der Waals surface area contributed by atoms with Crippen LogP contribution in [0, 0.1) is 10.8 Å². The highest BCUT2D eigenvalue weighted by Gasteiger charge is 2.56. The summed E-state index contributed by atoms with van der Waals surface area (Å²) in [7, 11) is 0. The first-order chi connectivity index (χ1) is 10.5. The monoisotopic (exact) mass is 310 g/mol. The molecule has 0 radical (unpaired) electrons. The molecule has 1 saturated carbocycles. The van der Waals surface area contributed by atoms with Crippen LogP contribution in [0.25, 0.3) is 0 Å². The Balaban J connectivity index is 1.60. The van der Waals surface area contributed by atoms with Gasteiger partial charge in [-0.2, -0.15) is 0 Å². The molecule has 5 heteroatoms. The summed E-state index contributed by atoms with van der Waals surface area (Å²) in [6, 6.07) is 0. The van der Waals surface area contributed by atoms with Gasteiger partial charge in [0.1, 0.15) is 0 Å². The maximum atomic E-state index is 12.9. The third kappa shape index (κ3) is 2.57. The minimum atomic E-state index is -0.256. The average molecular weight is 310 g/mol. The lowest BCUT2D eigenvalue weighted by Gasteiger charge is -2.57. The second-order valence-corrected chi connectivity index (χ2v) is 7.56. The zero-order chi connectivity index (χ0) is 15.8. The molecule has 0 aromatic carbocycles. The Kier molecular flexibility index (Phi) is 4.49. The predicted molar refractivity (Wildman–Crippen MR) is 84.5 cm³/mol. The van der Waals surface area contributed by atoms with Crippen molar-refractivity contribution in [2.75, 3.05) is 32.8 Å². The van der Waals surface area contributed by atoms with Crippen molar-refractivity contribution in [2.24, 2.45) is 10.8 Å². The van der Waals surface area contributed by atoms with Crippen LogP contribution in [0.3, 0.4) is 0 Å². The summed E-state index contributed by atoms with van der Waals surface area (Å²) in [6.45, 7) is 8.13. The van der Waals surface area contributed by atoms with Crippen molar-refractivity contribution < 1.29 is 14.6 Å². The van der Waals surface area contributed by atoms with E-state index < -0.39 is 0 Å². The van der Waals surface area contributed by atoms with Gasteiger partial charge in [0.25, 0.3) is 0 Å². The molecule has 3 atom stereocenters. The van der Waals surface area contributed by atoms with Crippen molar-refractivity contribution in [3.05, 3.63) is 0 Å². The van der Waals surface area contributed by atoms with Gasteiger partial charge in [-0.15, -0.1) is 0 Å². The summed E-state index contributed by atoms with van der Waals surface area (Å²) in [5, 5.41) is 13.6. The van der Waals surface area contributed by atoms with Gasteiger partial charge in [0.05, 0.1) is 17.6 Å². The molecule has 3 unspecified atom stereocenters. The SMILES string of the molecule is CCOC1CC(O)C12CCN(C(=O)C1(C)CCCNC1)CC2. The number of aliphatic hydroxyl groups excluding tert-OH is 1. The summed E-state index contributed by atoms with van der Waals surface area (Å²) in [4.78, 5) is 14.9. The number of nitrogens with zero attached hydrogens (tertiary/aromatic N) is 1. The molecular formula is C17H30N2O3. The fourth-order valence-electron chi connectivity index (χ4n) is 4.56. The molecular weight excluding hydrogens is 280 g/mol. The van der Waals surface area contributed by atoms with Crippen molar-refractivity contribution in [3.8, 4) is 0 Å². The van der Waals surface area contributed by atoms with Crippen LogP contribution in [0.4, 0.5) is 0 Å². The molecule has 2 aliphatic heterocycles. The standard InChI is InChI=1S/C17H30N2O3/c1-3-22-14-11-13(20)17(14)6-9-19(10-7-17)15(21)16(2)5-4-8-18-12-16/h13-14,18,20H,3-12H2,1-2H3. The molecule has 2 saturated heterocycles. The largest absolute Gasteiger partial charge is 0.392 e. The molecule has 2 heterocycles. The van der Waals surface area contributed by atoms with Gasteiger partial charge in [0.15, 0.2) is 0 Å². The van der Waals surface area contributed by atoms with Gasteiger partial charge in [-0.05, 0) is 46.1 Å². The number of piperidine rings is 2. The van der Waals surface area contributed by atoms with E-state index in [2.05, 4.69) is 12.2 Å². The quantitative estimate of drug-likeness (QED) is 0.821. The highest BCUT2D eigenvalue weighted by Crippen LogP contribution is 2.51. The molecule has 0 aromatic heterocycles. The topological polar surface area (TPSA) is 61.8 Å². The van der Waals surface area contributed by atoms with Gasteiger partial charge < -0.3 is 20.1 Å². The lowest BCUT2D eigenvalue weighted by Crippen LogP contribution is -2.63. The Morgan fingerprint density at radius 2 is 2.09 bits per heavy atom. The molecule has 1 spiro atoms. The van der Waals surface area contributed by atoms with Crippen LogP contribution in [0.5, 0.6) is 0 Å². The van der Waals surface area contributed by atoms with Crippen LogP contribution in [0.2, 0.25) is 0 Å². The van der Waals surface area contributed by atoms with E-state index in [-0.39, 0.29) is 28.9 Å². The van der Waals surface area contributed by atoms with Gasteiger partial charge in [0, 0.05) is 38.1 Å². The predicted octanol–water partition coefficient (Wildman–Crippen LogP) is 1.15. The van der Waals surface area contributed by atoms with Gasteiger partial charge >= 0.3 is 0 Å². The zero-order valence-corrected chi connectivity index (χ0v) is 13.9. The van der Waals surface area contributed by atoms with Crippen molar-refractivity contribution >= 4 is 5.91 Å². The van der Waals surface area contributed by atoms with E-state index in [1.807, 2.05) is 11.8 Å². The third-order valence-electron chi connectivity index (χ3n) is 6.21. The van der Waals surface area contributed by atoms with Crippen LogP contribution in [-0.4, -0.2) is 60.9 Å². The Hall–Kier alpha value is -0.650. The Morgan fingerprint density at radius 3 is 2.64 bits per heavy atom. The highest BCUT2D eigenvalue weighted by atomic mass is 16.5.